The molecular formula is C11H11BN2O4. The van der Waals surface area contributed by atoms with Crippen LogP contribution in [0.3, 0.4) is 0 Å². The normalized spacial score (nSPS) is 14.5. The largest absolute Gasteiger partial charge is 0.707 e. The summed E-state index contributed by atoms with van der Waals surface area (Å²) in [5.41, 5.74) is 0.795. The van der Waals surface area contributed by atoms with Gasteiger partial charge in [0.1, 0.15) is 11.8 Å². The van der Waals surface area contributed by atoms with Crippen LogP contribution in [0.25, 0.3) is 0 Å². The molecule has 0 unspecified atom stereocenters. The van der Waals surface area contributed by atoms with Crippen LogP contribution in [0, 0.1) is 11.3 Å². The van der Waals surface area contributed by atoms with Crippen molar-refractivity contribution >= 4 is 18.9 Å². The van der Waals surface area contributed by atoms with Gasteiger partial charge in [-0.2, -0.15) is 5.26 Å². The molecule has 6 nitrogen and oxygen atoms in total. The average molecular weight is 246 g/mol. The van der Waals surface area contributed by atoms with E-state index in [2.05, 4.69) is 4.65 Å². The van der Waals surface area contributed by atoms with Crippen molar-refractivity contribution in [1.29, 1.82) is 5.26 Å². The monoisotopic (exact) mass is 246 g/mol. The molecule has 0 spiro atoms. The Morgan fingerprint density at radius 3 is 2.78 bits per heavy atom. The summed E-state index contributed by atoms with van der Waals surface area (Å²) in [5, 5.41) is 26.4. The van der Waals surface area contributed by atoms with Crippen LogP contribution >= 0.6 is 0 Å². The van der Waals surface area contributed by atoms with Crippen LogP contribution in [0.5, 0.6) is 5.75 Å². The summed E-state index contributed by atoms with van der Waals surface area (Å²) in [7, 11) is -1.93. The molecule has 1 heterocycles. The van der Waals surface area contributed by atoms with Crippen molar-refractivity contribution in [1.82, 2.24) is 0 Å². The van der Waals surface area contributed by atoms with Gasteiger partial charge in [-0.3, -0.25) is 4.79 Å². The van der Waals surface area contributed by atoms with E-state index in [0.29, 0.717) is 18.7 Å². The molecule has 7 heteroatoms. The number of benzene rings is 1. The van der Waals surface area contributed by atoms with Crippen molar-refractivity contribution in [2.75, 3.05) is 11.4 Å². The Morgan fingerprint density at radius 1 is 1.44 bits per heavy atom. The molecule has 1 aromatic carbocycles. The van der Waals surface area contributed by atoms with E-state index in [-0.39, 0.29) is 17.2 Å². The van der Waals surface area contributed by atoms with Crippen molar-refractivity contribution in [3.05, 3.63) is 23.8 Å². The Kier molecular flexibility index (Phi) is 3.51. The summed E-state index contributed by atoms with van der Waals surface area (Å²) < 4.78 is 4.66. The minimum absolute atomic E-state index is 0.0117. The van der Waals surface area contributed by atoms with Crippen LogP contribution in [-0.4, -0.2) is 29.8 Å². The first-order valence-electron chi connectivity index (χ1n) is 5.49. The van der Waals surface area contributed by atoms with Gasteiger partial charge in [0.15, 0.2) is 0 Å². The summed E-state index contributed by atoms with van der Waals surface area (Å²) in [5.74, 6) is 0.152. The van der Waals surface area contributed by atoms with Crippen LogP contribution in [0.2, 0.25) is 0 Å². The van der Waals surface area contributed by atoms with Crippen LogP contribution in [0.15, 0.2) is 18.2 Å². The SMILES string of the molecule is N#Cc1cc(OB(O)O)ccc1N1CCCC1=O. The van der Waals surface area contributed by atoms with E-state index in [1.165, 1.54) is 12.1 Å². The van der Waals surface area contributed by atoms with E-state index >= 15 is 0 Å². The van der Waals surface area contributed by atoms with Crippen molar-refractivity contribution in [2.45, 2.75) is 12.8 Å². The maximum absolute atomic E-state index is 11.6. The molecule has 1 aliphatic rings. The Balaban J connectivity index is 2.32. The highest BCUT2D eigenvalue weighted by Crippen LogP contribution is 2.28. The molecule has 0 bridgehead atoms. The summed E-state index contributed by atoms with van der Waals surface area (Å²) in [6.45, 7) is 0.594. The molecule has 0 aromatic heterocycles. The fourth-order valence-corrected chi connectivity index (χ4v) is 1.94. The highest BCUT2D eigenvalue weighted by Gasteiger charge is 2.24. The van der Waals surface area contributed by atoms with Gasteiger partial charge < -0.3 is 19.6 Å². The first kappa shape index (κ1) is 12.4. The first-order chi connectivity index (χ1) is 8.61. The van der Waals surface area contributed by atoms with Gasteiger partial charge in [0.25, 0.3) is 0 Å². The predicted octanol–water partition coefficient (Wildman–Crippen LogP) is 0.0334. The van der Waals surface area contributed by atoms with Gasteiger partial charge in [0, 0.05) is 13.0 Å². The molecule has 1 amide bonds. The standard InChI is InChI=1S/C11H11BN2O4/c13-7-8-6-9(18-12(16)17)3-4-10(8)14-5-1-2-11(14)15/h3-4,6,16-17H,1-2,5H2. The topological polar surface area (TPSA) is 93.8 Å². The second-order valence-corrected chi connectivity index (χ2v) is 3.88. The lowest BCUT2D eigenvalue weighted by Gasteiger charge is -2.17. The number of hydrogen-bond donors (Lipinski definition) is 2. The van der Waals surface area contributed by atoms with E-state index < -0.39 is 7.32 Å². The molecule has 0 saturated carbocycles. The highest BCUT2D eigenvalue weighted by molar-refractivity contribution is 6.33. The van der Waals surface area contributed by atoms with Gasteiger partial charge >= 0.3 is 7.32 Å². The molecule has 1 fully saturated rings. The molecule has 0 atom stereocenters. The van der Waals surface area contributed by atoms with Gasteiger partial charge in [-0.05, 0) is 24.6 Å². The van der Waals surface area contributed by atoms with E-state index in [1.54, 1.807) is 11.0 Å². The lowest BCUT2D eigenvalue weighted by atomic mass is 10.1. The second-order valence-electron chi connectivity index (χ2n) is 3.88. The third-order valence-electron chi connectivity index (χ3n) is 2.69. The van der Waals surface area contributed by atoms with Crippen molar-refractivity contribution in [3.63, 3.8) is 0 Å². The molecule has 92 valence electrons. The van der Waals surface area contributed by atoms with Crippen molar-refractivity contribution < 1.29 is 19.5 Å². The van der Waals surface area contributed by atoms with E-state index in [0.717, 1.165) is 6.42 Å². The summed E-state index contributed by atoms with van der Waals surface area (Å²) in [4.78, 5) is 13.2. The molecule has 1 saturated heterocycles. The predicted molar refractivity (Wildman–Crippen MR) is 63.6 cm³/mol. The van der Waals surface area contributed by atoms with Crippen LogP contribution in [0.1, 0.15) is 18.4 Å². The number of anilines is 1. The molecule has 0 aliphatic carbocycles. The van der Waals surface area contributed by atoms with Gasteiger partial charge in [-0.25, -0.2) is 0 Å². The fourth-order valence-electron chi connectivity index (χ4n) is 1.94. The molecule has 2 rings (SSSR count). The smallest absolute Gasteiger partial charge is 0.512 e. The van der Waals surface area contributed by atoms with Gasteiger partial charge in [-0.15, -0.1) is 0 Å². The number of amides is 1. The zero-order valence-corrected chi connectivity index (χ0v) is 9.54. The zero-order chi connectivity index (χ0) is 13.1. The Bertz CT molecular complexity index is 512. The summed E-state index contributed by atoms with van der Waals surface area (Å²) in [6.07, 6.45) is 1.26. The number of carbonyl (C=O) groups excluding carboxylic acids is 1. The Labute approximate surface area is 104 Å². The molecular weight excluding hydrogens is 235 g/mol. The van der Waals surface area contributed by atoms with Gasteiger partial charge in [-0.1, -0.05) is 0 Å². The molecule has 1 aliphatic heterocycles. The lowest BCUT2D eigenvalue weighted by Crippen LogP contribution is -2.25. The van der Waals surface area contributed by atoms with Gasteiger partial charge in [0.2, 0.25) is 5.91 Å². The minimum Gasteiger partial charge on any atom is -0.512 e. The number of nitrogens with zero attached hydrogens (tertiary/aromatic N) is 2. The molecule has 1 aromatic rings. The highest BCUT2D eigenvalue weighted by atomic mass is 16.6. The van der Waals surface area contributed by atoms with E-state index in [9.17, 15) is 4.79 Å². The number of hydrogen-bond acceptors (Lipinski definition) is 5. The second kappa shape index (κ2) is 5.08. The van der Waals surface area contributed by atoms with Crippen LogP contribution in [-0.2, 0) is 4.79 Å². The number of rotatable bonds is 3. The van der Waals surface area contributed by atoms with Crippen LogP contribution < -0.4 is 9.55 Å². The first-order valence-corrected chi connectivity index (χ1v) is 5.49. The summed E-state index contributed by atoms with van der Waals surface area (Å²) >= 11 is 0. The van der Waals surface area contributed by atoms with E-state index in [4.69, 9.17) is 15.3 Å². The van der Waals surface area contributed by atoms with E-state index in [1.807, 2.05) is 6.07 Å². The van der Waals surface area contributed by atoms with Gasteiger partial charge in [0.05, 0.1) is 11.3 Å². The number of carbonyl (C=O) groups is 1. The third kappa shape index (κ3) is 2.45. The van der Waals surface area contributed by atoms with Crippen molar-refractivity contribution in [2.24, 2.45) is 0 Å². The van der Waals surface area contributed by atoms with Crippen LogP contribution in [0.4, 0.5) is 5.69 Å². The molecule has 2 N–H and O–H groups in total. The number of nitriles is 1. The molecule has 18 heavy (non-hydrogen) atoms. The molecule has 0 radical (unpaired) electrons. The third-order valence-corrected chi connectivity index (χ3v) is 2.69. The minimum atomic E-state index is -1.93. The maximum Gasteiger partial charge on any atom is 0.707 e. The fraction of sp³-hybridized carbons (Fsp3) is 0.273. The Hall–Kier alpha value is -2.04. The lowest BCUT2D eigenvalue weighted by molar-refractivity contribution is -0.117. The summed E-state index contributed by atoms with van der Waals surface area (Å²) in [6, 6.07) is 6.40. The average Bonchev–Trinajstić information content (AvgIpc) is 2.74. The quantitative estimate of drug-likeness (QED) is 0.734. The zero-order valence-electron chi connectivity index (χ0n) is 9.54. The van der Waals surface area contributed by atoms with Crippen molar-refractivity contribution in [3.8, 4) is 11.8 Å². The maximum atomic E-state index is 11.6. The Morgan fingerprint density at radius 2 is 2.22 bits per heavy atom.